The molecule has 0 bridgehead atoms. The Labute approximate surface area is 144 Å². The summed E-state index contributed by atoms with van der Waals surface area (Å²) in [6, 6.07) is 6.29. The third-order valence-electron chi connectivity index (χ3n) is 4.52. The zero-order valence-electron chi connectivity index (χ0n) is 14.7. The lowest BCUT2D eigenvalue weighted by atomic mass is 10.2. The molecule has 1 unspecified atom stereocenters. The van der Waals surface area contributed by atoms with E-state index < -0.39 is 10.0 Å². The highest BCUT2D eigenvalue weighted by Gasteiger charge is 2.28. The number of sulfonamides is 1. The fourth-order valence-corrected chi connectivity index (χ4v) is 4.04. The van der Waals surface area contributed by atoms with Gasteiger partial charge >= 0.3 is 0 Å². The number of piperazine rings is 1. The van der Waals surface area contributed by atoms with Crippen LogP contribution in [0.4, 0.5) is 0 Å². The number of likely N-dealkylation sites (N-methyl/N-ethyl adjacent to an activating group) is 1. The number of hydrogen-bond donors (Lipinski definition) is 1. The lowest BCUT2D eigenvalue weighted by Gasteiger charge is -2.33. The fourth-order valence-electron chi connectivity index (χ4n) is 2.62. The van der Waals surface area contributed by atoms with Gasteiger partial charge in [0.25, 0.3) is 5.91 Å². The molecule has 1 amide bonds. The van der Waals surface area contributed by atoms with Crippen molar-refractivity contribution in [3.05, 3.63) is 29.8 Å². The molecule has 1 atom stereocenters. The van der Waals surface area contributed by atoms with Crippen molar-refractivity contribution in [1.29, 1.82) is 0 Å². The largest absolute Gasteiger partial charge is 0.350 e. The average molecular weight is 353 g/mol. The number of nitrogens with one attached hydrogen (secondary N) is 1. The molecule has 1 aliphatic heterocycles. The molecular weight excluding hydrogens is 326 g/mol. The zero-order chi connectivity index (χ0) is 17.7. The molecule has 1 aromatic carbocycles. The summed E-state index contributed by atoms with van der Waals surface area (Å²) < 4.78 is 26.9. The van der Waals surface area contributed by atoms with Crippen LogP contribution in [0.5, 0.6) is 0 Å². The Balaban J connectivity index is 2.08. The smallest absolute Gasteiger partial charge is 0.251 e. The standard InChI is InChI=1S/C17H27N3O3S/c1-4-14(3)18-17(21)15-6-8-16(9-7-15)24(22,23)20-12-10-19(5-2)11-13-20/h6-9,14H,4-5,10-13H2,1-3H3,(H,18,21). The summed E-state index contributed by atoms with van der Waals surface area (Å²) in [6.45, 7) is 9.47. The molecule has 6 nitrogen and oxygen atoms in total. The molecule has 0 spiro atoms. The van der Waals surface area contributed by atoms with E-state index in [1.165, 1.54) is 16.4 Å². The van der Waals surface area contributed by atoms with Crippen molar-refractivity contribution in [2.24, 2.45) is 0 Å². The molecule has 1 aliphatic rings. The number of carbonyl (C=O) groups is 1. The summed E-state index contributed by atoms with van der Waals surface area (Å²) in [5.41, 5.74) is 0.477. The second-order valence-electron chi connectivity index (χ2n) is 6.15. The Morgan fingerprint density at radius 2 is 1.71 bits per heavy atom. The maximum atomic E-state index is 12.7. The quantitative estimate of drug-likeness (QED) is 0.842. The Hall–Kier alpha value is -1.44. The number of benzene rings is 1. The Morgan fingerprint density at radius 3 is 2.21 bits per heavy atom. The lowest BCUT2D eigenvalue weighted by molar-refractivity contribution is 0.0939. The van der Waals surface area contributed by atoms with Crippen LogP contribution >= 0.6 is 0 Å². The molecule has 1 aromatic rings. The van der Waals surface area contributed by atoms with E-state index in [-0.39, 0.29) is 16.8 Å². The number of carbonyl (C=O) groups excluding carboxylic acids is 1. The first-order valence-electron chi connectivity index (χ1n) is 8.52. The topological polar surface area (TPSA) is 69.7 Å². The molecule has 24 heavy (non-hydrogen) atoms. The van der Waals surface area contributed by atoms with E-state index in [1.807, 2.05) is 13.8 Å². The summed E-state index contributed by atoms with van der Waals surface area (Å²) in [6.07, 6.45) is 0.849. The van der Waals surface area contributed by atoms with Crippen LogP contribution in [-0.2, 0) is 10.0 Å². The van der Waals surface area contributed by atoms with Crippen LogP contribution in [0, 0.1) is 0 Å². The number of hydrogen-bond acceptors (Lipinski definition) is 4. The number of amides is 1. The predicted octanol–water partition coefficient (Wildman–Crippen LogP) is 1.54. The highest BCUT2D eigenvalue weighted by Crippen LogP contribution is 2.18. The van der Waals surface area contributed by atoms with Gasteiger partial charge in [-0.3, -0.25) is 4.79 Å². The molecule has 0 aliphatic carbocycles. The van der Waals surface area contributed by atoms with Crippen LogP contribution < -0.4 is 5.32 Å². The molecule has 1 heterocycles. The summed E-state index contributed by atoms with van der Waals surface area (Å²) in [7, 11) is -3.49. The summed E-state index contributed by atoms with van der Waals surface area (Å²) in [5, 5.41) is 2.87. The van der Waals surface area contributed by atoms with Gasteiger partial charge in [0.05, 0.1) is 4.90 Å². The van der Waals surface area contributed by atoms with Gasteiger partial charge in [-0.05, 0) is 44.2 Å². The summed E-state index contributed by atoms with van der Waals surface area (Å²) in [4.78, 5) is 14.5. The fraction of sp³-hybridized carbons (Fsp3) is 0.588. The van der Waals surface area contributed by atoms with Crippen LogP contribution in [0.3, 0.4) is 0 Å². The minimum Gasteiger partial charge on any atom is -0.350 e. The van der Waals surface area contributed by atoms with E-state index >= 15 is 0 Å². The normalized spacial score (nSPS) is 18.3. The molecule has 134 valence electrons. The predicted molar refractivity (Wildman–Crippen MR) is 94.5 cm³/mol. The van der Waals surface area contributed by atoms with Crippen molar-refractivity contribution in [3.63, 3.8) is 0 Å². The van der Waals surface area contributed by atoms with Gasteiger partial charge in [0.1, 0.15) is 0 Å². The molecule has 1 saturated heterocycles. The zero-order valence-corrected chi connectivity index (χ0v) is 15.5. The molecule has 0 radical (unpaired) electrons. The van der Waals surface area contributed by atoms with Crippen LogP contribution in [0.15, 0.2) is 29.2 Å². The summed E-state index contributed by atoms with van der Waals surface area (Å²) in [5.74, 6) is -0.176. The molecule has 0 saturated carbocycles. The van der Waals surface area contributed by atoms with Crippen molar-refractivity contribution in [2.75, 3.05) is 32.7 Å². The first-order valence-corrected chi connectivity index (χ1v) is 9.96. The SMILES string of the molecule is CCC(C)NC(=O)c1ccc(S(=O)(=O)N2CCN(CC)CC2)cc1. The van der Waals surface area contributed by atoms with Crippen molar-refractivity contribution < 1.29 is 13.2 Å². The van der Waals surface area contributed by atoms with E-state index in [0.717, 1.165) is 26.1 Å². The average Bonchev–Trinajstić information content (AvgIpc) is 2.61. The van der Waals surface area contributed by atoms with Crippen molar-refractivity contribution >= 4 is 15.9 Å². The maximum absolute atomic E-state index is 12.7. The highest BCUT2D eigenvalue weighted by molar-refractivity contribution is 7.89. The second-order valence-corrected chi connectivity index (χ2v) is 8.08. The van der Waals surface area contributed by atoms with Crippen molar-refractivity contribution in [2.45, 2.75) is 38.1 Å². The van der Waals surface area contributed by atoms with Crippen LogP contribution in [0.2, 0.25) is 0 Å². The highest BCUT2D eigenvalue weighted by atomic mass is 32.2. The number of nitrogens with zero attached hydrogens (tertiary/aromatic N) is 2. The minimum atomic E-state index is -3.49. The first kappa shape index (κ1) is 18.9. The maximum Gasteiger partial charge on any atom is 0.251 e. The van der Waals surface area contributed by atoms with Gasteiger partial charge in [0.15, 0.2) is 0 Å². The Morgan fingerprint density at radius 1 is 1.12 bits per heavy atom. The molecular formula is C17H27N3O3S. The Bertz CT molecular complexity index is 650. The van der Waals surface area contributed by atoms with Crippen LogP contribution in [0.25, 0.3) is 0 Å². The van der Waals surface area contributed by atoms with E-state index in [4.69, 9.17) is 0 Å². The van der Waals surface area contributed by atoms with E-state index in [9.17, 15) is 13.2 Å². The van der Waals surface area contributed by atoms with Gasteiger partial charge in [-0.2, -0.15) is 4.31 Å². The molecule has 1 fully saturated rings. The van der Waals surface area contributed by atoms with Crippen molar-refractivity contribution in [3.8, 4) is 0 Å². The lowest BCUT2D eigenvalue weighted by Crippen LogP contribution is -2.48. The third-order valence-corrected chi connectivity index (χ3v) is 6.44. The van der Waals surface area contributed by atoms with Gasteiger partial charge in [-0.25, -0.2) is 8.42 Å². The molecule has 1 N–H and O–H groups in total. The van der Waals surface area contributed by atoms with Gasteiger partial charge in [0.2, 0.25) is 10.0 Å². The van der Waals surface area contributed by atoms with Gasteiger partial charge < -0.3 is 10.2 Å². The molecule has 0 aromatic heterocycles. The third kappa shape index (κ3) is 4.34. The first-order chi connectivity index (χ1) is 11.4. The van der Waals surface area contributed by atoms with E-state index in [2.05, 4.69) is 17.1 Å². The van der Waals surface area contributed by atoms with E-state index in [0.29, 0.717) is 18.7 Å². The monoisotopic (exact) mass is 353 g/mol. The molecule has 7 heteroatoms. The Kier molecular flexibility index (Phi) is 6.37. The van der Waals surface area contributed by atoms with Gasteiger partial charge in [0, 0.05) is 37.8 Å². The van der Waals surface area contributed by atoms with Crippen LogP contribution in [-0.4, -0.2) is 62.3 Å². The number of rotatable bonds is 6. The molecule has 2 rings (SSSR count). The van der Waals surface area contributed by atoms with Crippen molar-refractivity contribution in [1.82, 2.24) is 14.5 Å². The summed E-state index contributed by atoms with van der Waals surface area (Å²) >= 11 is 0. The van der Waals surface area contributed by atoms with Gasteiger partial charge in [-0.15, -0.1) is 0 Å². The second kappa shape index (κ2) is 8.09. The minimum absolute atomic E-state index is 0.0933. The van der Waals surface area contributed by atoms with Crippen LogP contribution in [0.1, 0.15) is 37.6 Å². The van der Waals surface area contributed by atoms with Gasteiger partial charge in [-0.1, -0.05) is 13.8 Å². The van der Waals surface area contributed by atoms with E-state index in [1.54, 1.807) is 12.1 Å².